The molecule has 0 radical (unpaired) electrons. The summed E-state index contributed by atoms with van der Waals surface area (Å²) in [6.45, 7) is 6.33. The molecule has 1 N–H and O–H groups in total. The van der Waals surface area contributed by atoms with Crippen molar-refractivity contribution in [3.63, 3.8) is 0 Å². The molecule has 1 aliphatic carbocycles. The maximum absolute atomic E-state index is 9.24. The third kappa shape index (κ3) is 4.93. The lowest BCUT2D eigenvalue weighted by atomic mass is 9.81. The maximum Gasteiger partial charge on any atom is 0.109 e. The molecule has 0 bridgehead atoms. The summed E-state index contributed by atoms with van der Waals surface area (Å²) in [6, 6.07) is 2.39. The summed E-state index contributed by atoms with van der Waals surface area (Å²) in [7, 11) is 1.86. The summed E-state index contributed by atoms with van der Waals surface area (Å²) in [6.07, 6.45) is 3.99. The lowest BCUT2D eigenvalue weighted by molar-refractivity contribution is -0.0248. The van der Waals surface area contributed by atoms with E-state index < -0.39 is 0 Å². The first-order valence-corrected chi connectivity index (χ1v) is 6.91. The van der Waals surface area contributed by atoms with E-state index in [-0.39, 0.29) is 11.6 Å². The van der Waals surface area contributed by atoms with E-state index in [1.165, 1.54) is 0 Å². The van der Waals surface area contributed by atoms with Crippen molar-refractivity contribution in [2.45, 2.75) is 51.2 Å². The molecule has 1 saturated carbocycles. The van der Waals surface area contributed by atoms with E-state index >= 15 is 0 Å². The van der Waals surface area contributed by atoms with Crippen molar-refractivity contribution in [1.29, 1.82) is 5.26 Å². The van der Waals surface area contributed by atoms with E-state index in [0.717, 1.165) is 32.3 Å². The Labute approximate surface area is 111 Å². The maximum atomic E-state index is 9.24. The third-order valence-electron chi connectivity index (χ3n) is 3.43. The second kappa shape index (κ2) is 7.73. The van der Waals surface area contributed by atoms with Crippen LogP contribution in [0.1, 0.15) is 39.5 Å². The fourth-order valence-corrected chi connectivity index (χ4v) is 2.34. The van der Waals surface area contributed by atoms with Gasteiger partial charge in [-0.3, -0.25) is 0 Å². The predicted octanol–water partition coefficient (Wildman–Crippen LogP) is 2.10. The number of nitrogens with one attached hydrogen (secondary N) is 1. The van der Waals surface area contributed by atoms with Crippen LogP contribution in [0.15, 0.2) is 0 Å². The minimum atomic E-state index is -0.387. The van der Waals surface area contributed by atoms with Crippen LogP contribution in [-0.2, 0) is 9.47 Å². The van der Waals surface area contributed by atoms with Gasteiger partial charge in [-0.1, -0.05) is 13.8 Å². The van der Waals surface area contributed by atoms with Gasteiger partial charge in [-0.2, -0.15) is 5.26 Å². The van der Waals surface area contributed by atoms with Crippen LogP contribution in [0.3, 0.4) is 0 Å². The summed E-state index contributed by atoms with van der Waals surface area (Å²) in [4.78, 5) is 0. The van der Waals surface area contributed by atoms with E-state index in [1.54, 1.807) is 0 Å². The molecule has 1 fully saturated rings. The summed E-state index contributed by atoms with van der Waals surface area (Å²) in [5.41, 5.74) is -0.387. The molecular weight excluding hydrogens is 228 g/mol. The van der Waals surface area contributed by atoms with Gasteiger partial charge in [-0.05, 0) is 32.2 Å². The standard InChI is InChI=1S/C14H26N2O2/c1-12(2)10-17-7-8-18-13-5-4-6-14(9-13,11-15)16-3/h12-13,16H,4-10H2,1-3H3. The van der Waals surface area contributed by atoms with Crippen molar-refractivity contribution in [2.75, 3.05) is 26.9 Å². The van der Waals surface area contributed by atoms with Crippen molar-refractivity contribution in [2.24, 2.45) is 5.92 Å². The predicted molar refractivity (Wildman–Crippen MR) is 71.3 cm³/mol. The molecule has 0 saturated heterocycles. The van der Waals surface area contributed by atoms with Gasteiger partial charge >= 0.3 is 0 Å². The second-order valence-corrected chi connectivity index (χ2v) is 5.50. The smallest absolute Gasteiger partial charge is 0.109 e. The molecule has 0 aliphatic heterocycles. The van der Waals surface area contributed by atoms with Gasteiger partial charge in [-0.25, -0.2) is 0 Å². The summed E-state index contributed by atoms with van der Waals surface area (Å²) in [5, 5.41) is 12.4. The Morgan fingerprint density at radius 1 is 1.44 bits per heavy atom. The topological polar surface area (TPSA) is 54.3 Å². The molecule has 0 aromatic heterocycles. The summed E-state index contributed by atoms with van der Waals surface area (Å²) < 4.78 is 11.3. The molecule has 0 aromatic carbocycles. The Morgan fingerprint density at radius 3 is 2.83 bits per heavy atom. The normalized spacial score (nSPS) is 28.3. The lowest BCUT2D eigenvalue weighted by Gasteiger charge is -2.35. The molecular formula is C14H26N2O2. The highest BCUT2D eigenvalue weighted by atomic mass is 16.5. The van der Waals surface area contributed by atoms with Gasteiger partial charge in [0.15, 0.2) is 0 Å². The number of nitriles is 1. The Hall–Kier alpha value is -0.630. The highest BCUT2D eigenvalue weighted by molar-refractivity contribution is 5.09. The second-order valence-electron chi connectivity index (χ2n) is 5.50. The SMILES string of the molecule is CNC1(C#N)CCCC(OCCOCC(C)C)C1. The Morgan fingerprint density at radius 2 is 2.22 bits per heavy atom. The van der Waals surface area contributed by atoms with E-state index in [2.05, 4.69) is 25.2 Å². The van der Waals surface area contributed by atoms with Crippen LogP contribution in [0, 0.1) is 17.2 Å². The lowest BCUT2D eigenvalue weighted by Crippen LogP contribution is -2.47. The largest absolute Gasteiger partial charge is 0.379 e. The van der Waals surface area contributed by atoms with Crippen molar-refractivity contribution >= 4 is 0 Å². The van der Waals surface area contributed by atoms with Gasteiger partial charge in [0.2, 0.25) is 0 Å². The minimum Gasteiger partial charge on any atom is -0.379 e. The number of ether oxygens (including phenoxy) is 2. The molecule has 0 heterocycles. The Balaban J connectivity index is 2.21. The quantitative estimate of drug-likeness (QED) is 0.707. The highest BCUT2D eigenvalue weighted by Crippen LogP contribution is 2.29. The Bertz CT molecular complexity index is 275. The molecule has 18 heavy (non-hydrogen) atoms. The zero-order valence-corrected chi connectivity index (χ0v) is 11.9. The first-order chi connectivity index (χ1) is 8.62. The number of nitrogens with zero attached hydrogens (tertiary/aromatic N) is 1. The third-order valence-corrected chi connectivity index (χ3v) is 3.43. The number of hydrogen-bond donors (Lipinski definition) is 1. The molecule has 0 aromatic rings. The van der Waals surface area contributed by atoms with Crippen LogP contribution in [0.2, 0.25) is 0 Å². The van der Waals surface area contributed by atoms with Gasteiger partial charge < -0.3 is 14.8 Å². The van der Waals surface area contributed by atoms with E-state index in [0.29, 0.717) is 19.1 Å². The molecule has 1 rings (SSSR count). The molecule has 2 unspecified atom stereocenters. The number of hydrogen-bond acceptors (Lipinski definition) is 4. The number of rotatable bonds is 7. The molecule has 0 amide bonds. The van der Waals surface area contributed by atoms with Crippen LogP contribution < -0.4 is 5.32 Å². The van der Waals surface area contributed by atoms with Gasteiger partial charge in [0.25, 0.3) is 0 Å². The van der Waals surface area contributed by atoms with Gasteiger partial charge in [0, 0.05) is 13.0 Å². The fraction of sp³-hybridized carbons (Fsp3) is 0.929. The van der Waals surface area contributed by atoms with Crippen molar-refractivity contribution < 1.29 is 9.47 Å². The van der Waals surface area contributed by atoms with E-state index in [1.807, 2.05) is 7.05 Å². The van der Waals surface area contributed by atoms with Crippen molar-refractivity contribution in [3.05, 3.63) is 0 Å². The van der Waals surface area contributed by atoms with Crippen LogP contribution in [0.5, 0.6) is 0 Å². The Kier molecular flexibility index (Phi) is 6.62. The molecule has 2 atom stereocenters. The first kappa shape index (κ1) is 15.4. The van der Waals surface area contributed by atoms with Crippen molar-refractivity contribution in [3.8, 4) is 6.07 Å². The van der Waals surface area contributed by atoms with Gasteiger partial charge in [-0.15, -0.1) is 0 Å². The van der Waals surface area contributed by atoms with Crippen LogP contribution in [0.4, 0.5) is 0 Å². The monoisotopic (exact) mass is 254 g/mol. The zero-order valence-electron chi connectivity index (χ0n) is 11.9. The molecule has 1 aliphatic rings. The summed E-state index contributed by atoms with van der Waals surface area (Å²) in [5.74, 6) is 0.565. The van der Waals surface area contributed by atoms with Crippen LogP contribution in [0.25, 0.3) is 0 Å². The highest BCUT2D eigenvalue weighted by Gasteiger charge is 2.35. The van der Waals surface area contributed by atoms with Crippen molar-refractivity contribution in [1.82, 2.24) is 5.32 Å². The molecule has 4 nitrogen and oxygen atoms in total. The van der Waals surface area contributed by atoms with Gasteiger partial charge in [0.05, 0.1) is 25.4 Å². The fourth-order valence-electron chi connectivity index (χ4n) is 2.34. The van der Waals surface area contributed by atoms with E-state index in [4.69, 9.17) is 9.47 Å². The van der Waals surface area contributed by atoms with E-state index in [9.17, 15) is 5.26 Å². The first-order valence-electron chi connectivity index (χ1n) is 6.91. The average Bonchev–Trinajstić information content (AvgIpc) is 2.38. The molecule has 4 heteroatoms. The molecule has 104 valence electrons. The van der Waals surface area contributed by atoms with Crippen LogP contribution in [-0.4, -0.2) is 38.5 Å². The zero-order chi connectivity index (χ0) is 13.4. The van der Waals surface area contributed by atoms with Gasteiger partial charge in [0.1, 0.15) is 5.54 Å². The summed E-state index contributed by atoms with van der Waals surface area (Å²) >= 11 is 0. The molecule has 0 spiro atoms. The minimum absolute atomic E-state index is 0.188. The average molecular weight is 254 g/mol. The van der Waals surface area contributed by atoms with Crippen LogP contribution >= 0.6 is 0 Å².